The number of carbonyl (C=O) groups is 1. The lowest BCUT2D eigenvalue weighted by Gasteiger charge is -2.26. The highest BCUT2D eigenvalue weighted by Gasteiger charge is 2.28. The third-order valence-electron chi connectivity index (χ3n) is 5.18. The van der Waals surface area contributed by atoms with Gasteiger partial charge in [-0.05, 0) is 54.8 Å². The molecule has 0 saturated carbocycles. The number of ether oxygens (including phenoxy) is 2. The molecule has 2 heterocycles. The molecule has 2 aliphatic heterocycles. The summed E-state index contributed by atoms with van der Waals surface area (Å²) >= 11 is 0. The van der Waals surface area contributed by atoms with Crippen molar-refractivity contribution in [3.8, 4) is 17.6 Å². The molecule has 6 nitrogen and oxygen atoms in total. The first-order chi connectivity index (χ1) is 13.7. The molecule has 0 aliphatic carbocycles. The Balaban J connectivity index is 1.39. The van der Waals surface area contributed by atoms with Gasteiger partial charge < -0.3 is 14.8 Å². The van der Waals surface area contributed by atoms with Gasteiger partial charge in [0.2, 0.25) is 5.91 Å². The van der Waals surface area contributed by atoms with Crippen molar-refractivity contribution in [1.29, 1.82) is 5.26 Å². The molecule has 2 aromatic rings. The van der Waals surface area contributed by atoms with Crippen molar-refractivity contribution in [3.05, 3.63) is 53.6 Å². The molecule has 2 aromatic carbocycles. The van der Waals surface area contributed by atoms with Crippen LogP contribution in [0, 0.1) is 11.3 Å². The van der Waals surface area contributed by atoms with E-state index in [1.807, 2.05) is 36.4 Å². The van der Waals surface area contributed by atoms with Gasteiger partial charge in [0.1, 0.15) is 13.2 Å². The summed E-state index contributed by atoms with van der Waals surface area (Å²) in [6.45, 7) is 2.40. The van der Waals surface area contributed by atoms with E-state index in [1.54, 1.807) is 0 Å². The highest BCUT2D eigenvalue weighted by molar-refractivity contribution is 5.92. The van der Waals surface area contributed by atoms with Gasteiger partial charge in [0, 0.05) is 11.7 Å². The van der Waals surface area contributed by atoms with Crippen LogP contribution in [0.15, 0.2) is 42.5 Å². The first kappa shape index (κ1) is 18.3. The molecule has 0 unspecified atom stereocenters. The van der Waals surface area contributed by atoms with Gasteiger partial charge in [0.25, 0.3) is 0 Å². The van der Waals surface area contributed by atoms with Crippen molar-refractivity contribution in [2.75, 3.05) is 31.6 Å². The summed E-state index contributed by atoms with van der Waals surface area (Å²) in [7, 11) is 0. The number of amides is 1. The predicted molar refractivity (Wildman–Crippen MR) is 105 cm³/mol. The third-order valence-corrected chi connectivity index (χ3v) is 5.18. The fraction of sp³-hybridized carbons (Fsp3) is 0.364. The van der Waals surface area contributed by atoms with Crippen molar-refractivity contribution in [3.63, 3.8) is 0 Å². The molecule has 1 atom stereocenters. The van der Waals surface area contributed by atoms with Crippen LogP contribution in [0.4, 0.5) is 5.69 Å². The van der Waals surface area contributed by atoms with Crippen LogP contribution in [0.25, 0.3) is 0 Å². The number of hydrogen-bond acceptors (Lipinski definition) is 5. The molecular formula is C22H23N3O3. The molecular weight excluding hydrogens is 354 g/mol. The number of hydrogen-bond donors (Lipinski definition) is 1. The molecule has 6 heteroatoms. The Hall–Kier alpha value is -3.04. The second-order valence-corrected chi connectivity index (χ2v) is 7.11. The Labute approximate surface area is 164 Å². The molecule has 1 saturated heterocycles. The fourth-order valence-electron chi connectivity index (χ4n) is 3.84. The average molecular weight is 377 g/mol. The molecule has 0 bridgehead atoms. The van der Waals surface area contributed by atoms with Crippen molar-refractivity contribution in [1.82, 2.24) is 4.90 Å². The lowest BCUT2D eigenvalue weighted by atomic mass is 10.0. The minimum atomic E-state index is -0.0301. The number of carbonyl (C=O) groups excluding carboxylic acids is 1. The van der Waals surface area contributed by atoms with Gasteiger partial charge in [-0.1, -0.05) is 18.2 Å². The number of anilines is 1. The Morgan fingerprint density at radius 3 is 2.71 bits per heavy atom. The largest absolute Gasteiger partial charge is 0.486 e. The summed E-state index contributed by atoms with van der Waals surface area (Å²) in [5, 5.41) is 11.7. The maximum absolute atomic E-state index is 12.5. The standard InChI is InChI=1S/C22H23N3O3/c23-10-9-16-3-6-18(7-4-16)24-22(26)15-25-11-1-2-19(25)17-5-8-20-21(14-17)28-13-12-27-20/h3-8,14,19H,1-2,9,11-13,15H2,(H,24,26)/t19-/m0/s1. The lowest BCUT2D eigenvalue weighted by Crippen LogP contribution is -2.33. The van der Waals surface area contributed by atoms with Gasteiger partial charge in [-0.3, -0.25) is 9.69 Å². The van der Waals surface area contributed by atoms with Crippen LogP contribution in [-0.2, 0) is 11.2 Å². The SMILES string of the molecule is N#CCc1ccc(NC(=O)CN2CCC[C@H]2c2ccc3c(c2)OCCO3)cc1. The van der Waals surface area contributed by atoms with E-state index in [4.69, 9.17) is 14.7 Å². The van der Waals surface area contributed by atoms with E-state index in [1.165, 1.54) is 0 Å². The van der Waals surface area contributed by atoms with E-state index in [9.17, 15) is 4.79 Å². The van der Waals surface area contributed by atoms with Gasteiger partial charge >= 0.3 is 0 Å². The molecule has 0 radical (unpaired) electrons. The number of likely N-dealkylation sites (tertiary alicyclic amines) is 1. The molecule has 2 aliphatic rings. The first-order valence-corrected chi connectivity index (χ1v) is 9.62. The maximum atomic E-state index is 12.5. The van der Waals surface area contributed by atoms with Crippen LogP contribution in [0.5, 0.6) is 11.5 Å². The lowest BCUT2D eigenvalue weighted by molar-refractivity contribution is -0.117. The zero-order chi connectivity index (χ0) is 19.3. The van der Waals surface area contributed by atoms with Crippen molar-refractivity contribution < 1.29 is 14.3 Å². The van der Waals surface area contributed by atoms with Gasteiger partial charge in [-0.25, -0.2) is 0 Å². The molecule has 1 fully saturated rings. The molecule has 144 valence electrons. The molecule has 28 heavy (non-hydrogen) atoms. The van der Waals surface area contributed by atoms with E-state index in [0.29, 0.717) is 26.2 Å². The second-order valence-electron chi connectivity index (χ2n) is 7.11. The topological polar surface area (TPSA) is 74.6 Å². The summed E-state index contributed by atoms with van der Waals surface area (Å²) in [6.07, 6.45) is 2.46. The van der Waals surface area contributed by atoms with E-state index < -0.39 is 0 Å². The summed E-state index contributed by atoms with van der Waals surface area (Å²) in [5.41, 5.74) is 2.86. The smallest absolute Gasteiger partial charge is 0.238 e. The summed E-state index contributed by atoms with van der Waals surface area (Å²) in [6, 6.07) is 15.8. The van der Waals surface area contributed by atoms with Crippen molar-refractivity contribution in [2.45, 2.75) is 25.3 Å². The van der Waals surface area contributed by atoms with E-state index in [0.717, 1.165) is 47.7 Å². The minimum Gasteiger partial charge on any atom is -0.486 e. The van der Waals surface area contributed by atoms with Crippen LogP contribution >= 0.6 is 0 Å². The van der Waals surface area contributed by atoms with Crippen LogP contribution < -0.4 is 14.8 Å². The second kappa shape index (κ2) is 8.32. The number of rotatable bonds is 5. The fourth-order valence-corrected chi connectivity index (χ4v) is 3.84. The summed E-state index contributed by atoms with van der Waals surface area (Å²) < 4.78 is 11.3. The summed E-state index contributed by atoms with van der Waals surface area (Å²) in [5.74, 6) is 1.55. The molecule has 0 spiro atoms. The monoisotopic (exact) mass is 377 g/mol. The van der Waals surface area contributed by atoms with Crippen molar-refractivity contribution in [2.24, 2.45) is 0 Å². The van der Waals surface area contributed by atoms with Crippen LogP contribution in [0.1, 0.15) is 30.0 Å². The first-order valence-electron chi connectivity index (χ1n) is 9.62. The van der Waals surface area contributed by atoms with Crippen LogP contribution in [0.3, 0.4) is 0 Å². The number of nitrogens with zero attached hydrogens (tertiary/aromatic N) is 2. The summed E-state index contributed by atoms with van der Waals surface area (Å²) in [4.78, 5) is 14.8. The Bertz CT molecular complexity index is 889. The number of nitriles is 1. The number of nitrogens with one attached hydrogen (secondary N) is 1. The van der Waals surface area contributed by atoms with E-state index in [2.05, 4.69) is 22.4 Å². The number of benzene rings is 2. The van der Waals surface area contributed by atoms with Crippen LogP contribution in [0.2, 0.25) is 0 Å². The Morgan fingerprint density at radius 1 is 1.14 bits per heavy atom. The van der Waals surface area contributed by atoms with Crippen molar-refractivity contribution >= 4 is 11.6 Å². The minimum absolute atomic E-state index is 0.0301. The quantitative estimate of drug-likeness (QED) is 0.865. The molecule has 0 aromatic heterocycles. The number of fused-ring (bicyclic) bond motifs is 1. The zero-order valence-corrected chi connectivity index (χ0v) is 15.7. The average Bonchev–Trinajstić information content (AvgIpc) is 3.17. The van der Waals surface area contributed by atoms with Gasteiger partial charge in [0.15, 0.2) is 11.5 Å². The molecule has 1 amide bonds. The highest BCUT2D eigenvalue weighted by atomic mass is 16.6. The maximum Gasteiger partial charge on any atom is 0.238 e. The third kappa shape index (κ3) is 4.10. The zero-order valence-electron chi connectivity index (χ0n) is 15.7. The van der Waals surface area contributed by atoms with Gasteiger partial charge in [-0.15, -0.1) is 0 Å². The molecule has 1 N–H and O–H groups in total. The normalized spacial score (nSPS) is 18.5. The van der Waals surface area contributed by atoms with E-state index >= 15 is 0 Å². The predicted octanol–water partition coefficient (Wildman–Crippen LogP) is 3.30. The van der Waals surface area contributed by atoms with Crippen LogP contribution in [-0.4, -0.2) is 37.1 Å². The Morgan fingerprint density at radius 2 is 1.93 bits per heavy atom. The highest BCUT2D eigenvalue weighted by Crippen LogP contribution is 2.37. The Kier molecular flexibility index (Phi) is 5.45. The van der Waals surface area contributed by atoms with Gasteiger partial charge in [-0.2, -0.15) is 5.26 Å². The molecule has 4 rings (SSSR count). The van der Waals surface area contributed by atoms with Gasteiger partial charge in [0.05, 0.1) is 19.0 Å². The van der Waals surface area contributed by atoms with E-state index in [-0.39, 0.29) is 11.9 Å².